The van der Waals surface area contributed by atoms with Crippen molar-refractivity contribution in [1.82, 2.24) is 5.32 Å². The van der Waals surface area contributed by atoms with Gasteiger partial charge in [-0.2, -0.15) is 0 Å². The Labute approximate surface area is 165 Å². The van der Waals surface area contributed by atoms with Gasteiger partial charge < -0.3 is 19.9 Å². The highest BCUT2D eigenvalue weighted by atomic mass is 31.2. The quantitative estimate of drug-likeness (QED) is 0.327. The van der Waals surface area contributed by atoms with Crippen molar-refractivity contribution in [2.75, 3.05) is 31.3 Å². The number of anilines is 1. The minimum absolute atomic E-state index is 0.145. The van der Waals surface area contributed by atoms with Crippen LogP contribution >= 0.6 is 7.37 Å². The molecule has 0 radical (unpaired) electrons. The summed E-state index contributed by atoms with van der Waals surface area (Å²) in [6.45, 7) is 7.05. The molecule has 156 valence electrons. The van der Waals surface area contributed by atoms with Crippen molar-refractivity contribution in [3.63, 3.8) is 0 Å². The Hall–Kier alpha value is -2.18. The summed E-state index contributed by atoms with van der Waals surface area (Å²) in [7, 11) is -2.77. The Bertz CT molecular complexity index is 750. The van der Waals surface area contributed by atoms with Gasteiger partial charge >= 0.3 is 5.97 Å². The Morgan fingerprint density at radius 2 is 1.89 bits per heavy atom. The molecule has 1 rings (SSSR count). The van der Waals surface area contributed by atoms with E-state index in [0.29, 0.717) is 18.7 Å². The lowest BCUT2D eigenvalue weighted by Gasteiger charge is -2.15. The molecule has 0 saturated carbocycles. The number of unbranched alkanes of at least 4 members (excludes halogenated alkanes) is 1. The van der Waals surface area contributed by atoms with Crippen molar-refractivity contribution in [3.05, 3.63) is 23.8 Å². The summed E-state index contributed by atoms with van der Waals surface area (Å²) in [5, 5.41) is 5.24. The number of nitrogens with one attached hydrogen (secondary N) is 2. The second-order valence-corrected chi connectivity index (χ2v) is 9.11. The molecule has 0 saturated heterocycles. The Balaban J connectivity index is 2.90. The van der Waals surface area contributed by atoms with Crippen LogP contribution in [0.4, 0.5) is 5.69 Å². The highest BCUT2D eigenvalue weighted by molar-refractivity contribution is 7.58. The van der Waals surface area contributed by atoms with Crippen molar-refractivity contribution < 1.29 is 28.2 Å². The zero-order chi connectivity index (χ0) is 21.2. The van der Waals surface area contributed by atoms with Crippen molar-refractivity contribution in [3.8, 4) is 5.75 Å². The van der Waals surface area contributed by atoms with Crippen LogP contribution < -0.4 is 15.4 Å². The summed E-state index contributed by atoms with van der Waals surface area (Å²) in [5.74, 6) is -0.984. The summed E-state index contributed by atoms with van der Waals surface area (Å²) in [4.78, 5) is 35.8. The molecule has 1 aromatic carbocycles. The molecule has 0 aliphatic heterocycles. The van der Waals surface area contributed by atoms with Gasteiger partial charge in [0.1, 0.15) is 5.75 Å². The van der Waals surface area contributed by atoms with Gasteiger partial charge in [-0.05, 0) is 31.5 Å². The second kappa shape index (κ2) is 11.6. The first-order valence-corrected chi connectivity index (χ1v) is 11.6. The predicted octanol–water partition coefficient (Wildman–Crippen LogP) is 3.41. The van der Waals surface area contributed by atoms with Gasteiger partial charge in [-0.15, -0.1) is 0 Å². The summed E-state index contributed by atoms with van der Waals surface area (Å²) in [5.41, 5.74) is 0.446. The Morgan fingerprint density at radius 1 is 1.18 bits per heavy atom. The molecule has 0 spiro atoms. The molecule has 0 aromatic heterocycles. The molecule has 9 heteroatoms. The topological polar surface area (TPSA) is 111 Å². The first-order chi connectivity index (χ1) is 13.2. The van der Waals surface area contributed by atoms with E-state index >= 15 is 0 Å². The van der Waals surface area contributed by atoms with Crippen molar-refractivity contribution in [1.29, 1.82) is 0 Å². The van der Waals surface area contributed by atoms with E-state index in [1.165, 1.54) is 31.8 Å². The fourth-order valence-corrected chi connectivity index (χ4v) is 3.58. The maximum Gasteiger partial charge on any atom is 0.311 e. The number of ether oxygens (including phenoxy) is 1. The van der Waals surface area contributed by atoms with E-state index in [9.17, 15) is 18.9 Å². The lowest BCUT2D eigenvalue weighted by atomic mass is 10.1. The van der Waals surface area contributed by atoms with Crippen LogP contribution in [-0.4, -0.2) is 43.8 Å². The lowest BCUT2D eigenvalue weighted by molar-refractivity contribution is -0.134. The lowest BCUT2D eigenvalue weighted by Crippen LogP contribution is -2.28. The first-order valence-electron chi connectivity index (χ1n) is 9.30. The summed E-state index contributed by atoms with van der Waals surface area (Å²) in [6.07, 6.45) is 2.06. The van der Waals surface area contributed by atoms with Crippen molar-refractivity contribution in [2.24, 2.45) is 0 Å². The molecule has 8 nitrogen and oxygen atoms in total. The summed E-state index contributed by atoms with van der Waals surface area (Å²) < 4.78 is 22.6. The number of hydrogen-bond donors (Lipinski definition) is 2. The molecule has 1 unspecified atom stereocenters. The van der Waals surface area contributed by atoms with Crippen LogP contribution in [-0.2, 0) is 18.7 Å². The van der Waals surface area contributed by atoms with Gasteiger partial charge in [0.15, 0.2) is 0 Å². The zero-order valence-electron chi connectivity index (χ0n) is 16.9. The molecule has 0 bridgehead atoms. The average Bonchev–Trinajstić information content (AvgIpc) is 2.60. The van der Waals surface area contributed by atoms with Crippen LogP contribution in [0.15, 0.2) is 18.2 Å². The normalized spacial score (nSPS) is 12.7. The number of esters is 1. The molecule has 2 N–H and O–H groups in total. The minimum Gasteiger partial charge on any atom is -0.427 e. The highest BCUT2D eigenvalue weighted by Crippen LogP contribution is 2.41. The Kier molecular flexibility index (Phi) is 9.90. The third-order valence-corrected chi connectivity index (χ3v) is 5.56. The van der Waals surface area contributed by atoms with Gasteiger partial charge in [0.25, 0.3) is 5.91 Å². The molecule has 0 heterocycles. The molecule has 0 aliphatic rings. The third-order valence-electron chi connectivity index (χ3n) is 3.72. The van der Waals surface area contributed by atoms with E-state index in [1.807, 2.05) is 6.92 Å². The molecule has 28 heavy (non-hydrogen) atoms. The second-order valence-electron chi connectivity index (χ2n) is 6.38. The largest absolute Gasteiger partial charge is 0.427 e. The van der Waals surface area contributed by atoms with Crippen molar-refractivity contribution in [2.45, 2.75) is 40.0 Å². The van der Waals surface area contributed by atoms with Crippen molar-refractivity contribution >= 4 is 30.8 Å². The van der Waals surface area contributed by atoms with Gasteiger partial charge in [0, 0.05) is 32.7 Å². The van der Waals surface area contributed by atoms with Gasteiger partial charge in [-0.3, -0.25) is 18.9 Å². The van der Waals surface area contributed by atoms with Gasteiger partial charge in [0.2, 0.25) is 13.3 Å². The van der Waals surface area contributed by atoms with Crippen LogP contribution in [0.3, 0.4) is 0 Å². The van der Waals surface area contributed by atoms with Gasteiger partial charge in [-0.1, -0.05) is 13.3 Å². The third kappa shape index (κ3) is 8.67. The number of carbonyl (C=O) groups is 3. The maximum atomic E-state index is 12.6. The maximum absolute atomic E-state index is 12.6. The van der Waals surface area contributed by atoms with Crippen LogP contribution in [0.1, 0.15) is 50.4 Å². The van der Waals surface area contributed by atoms with Gasteiger partial charge in [0.05, 0.1) is 17.9 Å². The number of rotatable bonds is 11. The highest BCUT2D eigenvalue weighted by Gasteiger charge is 2.18. The fourth-order valence-electron chi connectivity index (χ4n) is 2.38. The number of amides is 2. The summed E-state index contributed by atoms with van der Waals surface area (Å²) in [6, 6.07) is 4.42. The molecular weight excluding hydrogens is 383 g/mol. The number of carbonyl (C=O) groups excluding carboxylic acids is 3. The molecule has 0 fully saturated rings. The zero-order valence-corrected chi connectivity index (χ0v) is 17.8. The summed E-state index contributed by atoms with van der Waals surface area (Å²) >= 11 is 0. The Morgan fingerprint density at radius 3 is 2.50 bits per heavy atom. The molecule has 1 atom stereocenters. The van der Waals surface area contributed by atoms with Crippen LogP contribution in [0, 0.1) is 0 Å². The van der Waals surface area contributed by atoms with E-state index in [-0.39, 0.29) is 42.3 Å². The number of hydrogen-bond acceptors (Lipinski definition) is 6. The molecule has 1 aromatic rings. The van der Waals surface area contributed by atoms with Crippen LogP contribution in [0.25, 0.3) is 0 Å². The molecular formula is C19H29N2O6P. The number of benzene rings is 1. The van der Waals surface area contributed by atoms with E-state index in [4.69, 9.17) is 9.26 Å². The molecule has 2 amide bonds. The standard InChI is InChI=1S/C19H29N2O6P/c1-5-7-8-18(23)27-15-9-10-17(21-14(3)22)16(13-15)19(24)20-11-12-28(4,25)26-6-2/h9-10,13H,5-8,11-12H2,1-4H3,(H,20,24)(H,21,22). The SMILES string of the molecule is CCCCC(=O)Oc1ccc(NC(C)=O)c(C(=O)NCCP(C)(=O)OCC)c1. The van der Waals surface area contributed by atoms with Crippen LogP contribution in [0.5, 0.6) is 5.75 Å². The van der Waals surface area contributed by atoms with E-state index in [1.54, 1.807) is 6.92 Å². The average molecular weight is 412 g/mol. The molecule has 0 aliphatic carbocycles. The minimum atomic E-state index is -2.77. The van der Waals surface area contributed by atoms with Crippen LogP contribution in [0.2, 0.25) is 0 Å². The van der Waals surface area contributed by atoms with Gasteiger partial charge in [-0.25, -0.2) is 0 Å². The van der Waals surface area contributed by atoms with E-state index in [0.717, 1.165) is 6.42 Å². The first kappa shape index (κ1) is 23.9. The smallest absolute Gasteiger partial charge is 0.311 e. The predicted molar refractivity (Wildman–Crippen MR) is 108 cm³/mol. The van der Waals surface area contributed by atoms with E-state index in [2.05, 4.69) is 10.6 Å². The fraction of sp³-hybridized carbons (Fsp3) is 0.526. The monoisotopic (exact) mass is 412 g/mol. The van der Waals surface area contributed by atoms with E-state index < -0.39 is 13.3 Å².